The van der Waals surface area contributed by atoms with Crippen LogP contribution in [-0.2, 0) is 19.4 Å². The van der Waals surface area contributed by atoms with E-state index in [0.29, 0.717) is 18.1 Å². The molecule has 0 saturated carbocycles. The van der Waals surface area contributed by atoms with E-state index >= 15 is 0 Å². The zero-order valence-electron chi connectivity index (χ0n) is 15.4. The van der Waals surface area contributed by atoms with Gasteiger partial charge in [-0.25, -0.2) is 14.5 Å². The largest absolute Gasteiger partial charge is 0.456 e. The maximum absolute atomic E-state index is 5.98. The van der Waals surface area contributed by atoms with Crippen molar-refractivity contribution in [2.75, 3.05) is 0 Å². The van der Waals surface area contributed by atoms with Gasteiger partial charge >= 0.3 is 0 Å². The van der Waals surface area contributed by atoms with Crippen LogP contribution in [0.3, 0.4) is 0 Å². The molecule has 1 aliphatic rings. The monoisotopic (exact) mass is 390 g/mol. The van der Waals surface area contributed by atoms with E-state index in [1.807, 2.05) is 29.1 Å². The number of rotatable bonds is 3. The highest BCUT2D eigenvalue weighted by molar-refractivity contribution is 7.19. The van der Waals surface area contributed by atoms with Crippen LogP contribution in [0, 0.1) is 5.92 Å². The molecule has 0 N–H and O–H groups in total. The second-order valence-corrected chi connectivity index (χ2v) is 8.53. The minimum atomic E-state index is 0.586. The van der Waals surface area contributed by atoms with Crippen molar-refractivity contribution in [3.63, 3.8) is 0 Å². The molecule has 1 unspecified atom stereocenters. The Hall–Kier alpha value is -3.00. The Balaban J connectivity index is 1.43. The van der Waals surface area contributed by atoms with Gasteiger partial charge in [0, 0.05) is 17.3 Å². The quantitative estimate of drug-likeness (QED) is 0.466. The van der Waals surface area contributed by atoms with Crippen molar-refractivity contribution in [2.45, 2.75) is 32.7 Å². The van der Waals surface area contributed by atoms with E-state index in [4.69, 9.17) is 9.40 Å². The lowest BCUT2D eigenvalue weighted by Gasteiger charge is -2.17. The first kappa shape index (κ1) is 16.0. The summed E-state index contributed by atoms with van der Waals surface area (Å²) in [6.45, 7) is 2.91. The van der Waals surface area contributed by atoms with Crippen molar-refractivity contribution >= 4 is 27.2 Å². The van der Waals surface area contributed by atoms with Crippen LogP contribution in [-0.4, -0.2) is 29.4 Å². The van der Waals surface area contributed by atoms with Crippen LogP contribution in [0.15, 0.2) is 41.3 Å². The highest BCUT2D eigenvalue weighted by Crippen LogP contribution is 2.38. The lowest BCUT2D eigenvalue weighted by atomic mass is 9.89. The van der Waals surface area contributed by atoms with E-state index in [-0.39, 0.29) is 0 Å². The number of hydrogen-bond acceptors (Lipinski definition) is 6. The van der Waals surface area contributed by atoms with Gasteiger partial charge in [-0.2, -0.15) is 5.10 Å². The molecule has 0 spiro atoms. The molecule has 1 atom stereocenters. The zero-order valence-corrected chi connectivity index (χ0v) is 16.2. The predicted octanol–water partition coefficient (Wildman–Crippen LogP) is 3.97. The van der Waals surface area contributed by atoms with Crippen LogP contribution in [0.5, 0.6) is 0 Å². The molecule has 28 heavy (non-hydrogen) atoms. The molecule has 5 aromatic rings. The van der Waals surface area contributed by atoms with Crippen molar-refractivity contribution in [2.24, 2.45) is 5.92 Å². The highest BCUT2D eigenvalue weighted by atomic mass is 32.1. The Kier molecular flexibility index (Phi) is 3.43. The zero-order chi connectivity index (χ0) is 18.7. The summed E-state index contributed by atoms with van der Waals surface area (Å²) in [5.74, 6) is 2.81. The van der Waals surface area contributed by atoms with Crippen LogP contribution in [0.4, 0.5) is 0 Å². The van der Waals surface area contributed by atoms with Crippen LogP contribution in [0.2, 0.25) is 0 Å². The standard InChI is InChI=1S/C20H18N6OS/c1-12-3-5-14-16(9-12)28-20-17(14)19-23-18(24-26(19)11-21-20)15-6-4-13(27-15)10-25-8-2-7-22-25/h2,4,6-8,11-12H,3,5,9-10H2,1H3. The molecule has 6 rings (SSSR count). The van der Waals surface area contributed by atoms with Crippen LogP contribution in [0.1, 0.15) is 29.5 Å². The van der Waals surface area contributed by atoms with Crippen molar-refractivity contribution in [3.05, 3.63) is 53.1 Å². The first-order valence-corrected chi connectivity index (χ1v) is 10.3. The second kappa shape index (κ2) is 6.00. The van der Waals surface area contributed by atoms with Gasteiger partial charge in [0.15, 0.2) is 11.4 Å². The Morgan fingerprint density at radius 3 is 3.18 bits per heavy atom. The van der Waals surface area contributed by atoms with Crippen molar-refractivity contribution in [3.8, 4) is 11.6 Å². The molecule has 1 aliphatic carbocycles. The molecule has 5 heterocycles. The molecule has 0 aliphatic heterocycles. The average Bonchev–Trinajstić information content (AvgIpc) is 3.46. The molecule has 0 radical (unpaired) electrons. The van der Waals surface area contributed by atoms with Gasteiger partial charge in [-0.05, 0) is 48.9 Å². The normalized spacial score (nSPS) is 16.8. The van der Waals surface area contributed by atoms with Gasteiger partial charge in [0.05, 0.1) is 11.9 Å². The first-order chi connectivity index (χ1) is 13.7. The lowest BCUT2D eigenvalue weighted by molar-refractivity contribution is 0.487. The van der Waals surface area contributed by atoms with Crippen LogP contribution >= 0.6 is 11.3 Å². The Morgan fingerprint density at radius 2 is 2.29 bits per heavy atom. The molecule has 5 aromatic heterocycles. The Bertz CT molecular complexity index is 1300. The van der Waals surface area contributed by atoms with Crippen LogP contribution in [0.25, 0.3) is 27.4 Å². The molecule has 0 aromatic carbocycles. The maximum atomic E-state index is 5.98. The summed E-state index contributed by atoms with van der Waals surface area (Å²) in [4.78, 5) is 12.0. The summed E-state index contributed by atoms with van der Waals surface area (Å²) in [5.41, 5.74) is 2.28. The minimum Gasteiger partial charge on any atom is -0.456 e. The summed E-state index contributed by atoms with van der Waals surface area (Å²) in [7, 11) is 0. The summed E-state index contributed by atoms with van der Waals surface area (Å²) in [5, 5.41) is 10.00. The van der Waals surface area contributed by atoms with E-state index in [1.165, 1.54) is 16.9 Å². The SMILES string of the molecule is CC1CCc2c(sc3ncn4nc(-c5ccc(Cn6cccn6)o5)nc4c23)C1. The summed E-state index contributed by atoms with van der Waals surface area (Å²) in [6, 6.07) is 5.77. The van der Waals surface area contributed by atoms with Gasteiger partial charge in [0.25, 0.3) is 0 Å². The average molecular weight is 390 g/mol. The molecular weight excluding hydrogens is 372 g/mol. The van der Waals surface area contributed by atoms with Gasteiger partial charge in [0.2, 0.25) is 5.82 Å². The molecular formula is C20H18N6OS. The highest BCUT2D eigenvalue weighted by Gasteiger charge is 2.24. The first-order valence-electron chi connectivity index (χ1n) is 9.47. The number of thiophene rings is 1. The topological polar surface area (TPSA) is 74.0 Å². The van der Waals surface area contributed by atoms with Crippen LogP contribution < -0.4 is 0 Å². The fraction of sp³-hybridized carbons (Fsp3) is 0.300. The maximum Gasteiger partial charge on any atom is 0.217 e. The number of aryl methyl sites for hydroxylation is 1. The molecule has 0 bridgehead atoms. The fourth-order valence-electron chi connectivity index (χ4n) is 3.98. The lowest BCUT2D eigenvalue weighted by Crippen LogP contribution is -2.08. The molecule has 0 fully saturated rings. The number of aromatic nitrogens is 6. The molecule has 7 nitrogen and oxygen atoms in total. The Morgan fingerprint density at radius 1 is 1.32 bits per heavy atom. The van der Waals surface area contributed by atoms with E-state index in [2.05, 4.69) is 22.1 Å². The molecule has 0 amide bonds. The summed E-state index contributed by atoms with van der Waals surface area (Å²) < 4.78 is 9.58. The second-order valence-electron chi connectivity index (χ2n) is 7.45. The molecule has 140 valence electrons. The number of hydrogen-bond donors (Lipinski definition) is 0. The molecule has 8 heteroatoms. The number of nitrogens with zero attached hydrogens (tertiary/aromatic N) is 6. The number of fused-ring (bicyclic) bond motifs is 5. The Labute approximate surface area is 164 Å². The van der Waals surface area contributed by atoms with E-state index in [9.17, 15) is 0 Å². The third-order valence-electron chi connectivity index (χ3n) is 5.39. The van der Waals surface area contributed by atoms with Gasteiger partial charge in [-0.3, -0.25) is 4.68 Å². The third-order valence-corrected chi connectivity index (χ3v) is 6.55. The predicted molar refractivity (Wildman–Crippen MR) is 106 cm³/mol. The van der Waals surface area contributed by atoms with Crippen molar-refractivity contribution < 1.29 is 4.42 Å². The molecule has 0 saturated heterocycles. The van der Waals surface area contributed by atoms with E-state index < -0.39 is 0 Å². The van der Waals surface area contributed by atoms with Gasteiger partial charge in [-0.15, -0.1) is 16.4 Å². The number of furan rings is 1. The van der Waals surface area contributed by atoms with Gasteiger partial charge in [0.1, 0.15) is 16.9 Å². The van der Waals surface area contributed by atoms with E-state index in [0.717, 1.165) is 40.4 Å². The van der Waals surface area contributed by atoms with Gasteiger partial charge in [-0.1, -0.05) is 6.92 Å². The van der Waals surface area contributed by atoms with Gasteiger partial charge < -0.3 is 4.42 Å². The third kappa shape index (κ3) is 2.48. The van der Waals surface area contributed by atoms with Crippen molar-refractivity contribution in [1.29, 1.82) is 0 Å². The summed E-state index contributed by atoms with van der Waals surface area (Å²) >= 11 is 1.80. The van der Waals surface area contributed by atoms with Crippen molar-refractivity contribution in [1.82, 2.24) is 29.4 Å². The smallest absolute Gasteiger partial charge is 0.217 e. The minimum absolute atomic E-state index is 0.586. The van der Waals surface area contributed by atoms with E-state index in [1.54, 1.807) is 28.4 Å². The summed E-state index contributed by atoms with van der Waals surface area (Å²) in [6.07, 6.45) is 8.87. The fourth-order valence-corrected chi connectivity index (χ4v) is 5.33.